The molecule has 0 radical (unpaired) electrons. The van der Waals surface area contributed by atoms with Crippen molar-refractivity contribution < 1.29 is 4.74 Å². The van der Waals surface area contributed by atoms with Gasteiger partial charge in [0.15, 0.2) is 0 Å². The van der Waals surface area contributed by atoms with E-state index < -0.39 is 0 Å². The zero-order valence-electron chi connectivity index (χ0n) is 16.3. The first-order valence-electron chi connectivity index (χ1n) is 9.57. The van der Waals surface area contributed by atoms with Crippen molar-refractivity contribution in [3.05, 3.63) is 42.0 Å². The number of hydrogen-bond donors (Lipinski definition) is 0. The molecule has 0 aliphatic heterocycles. The van der Waals surface area contributed by atoms with Gasteiger partial charge >= 0.3 is 0 Å². The van der Waals surface area contributed by atoms with Crippen LogP contribution < -0.4 is 9.64 Å². The molecule has 0 amide bonds. The fraction of sp³-hybridized carbons (Fsp3) is 0.524. The van der Waals surface area contributed by atoms with E-state index in [1.54, 1.807) is 13.0 Å². The lowest BCUT2D eigenvalue weighted by Crippen LogP contribution is -2.22. The predicted molar refractivity (Wildman–Crippen MR) is 104 cm³/mol. The fourth-order valence-corrected chi connectivity index (χ4v) is 3.59. The minimum absolute atomic E-state index is 0.354. The summed E-state index contributed by atoms with van der Waals surface area (Å²) >= 11 is 0. The molecule has 1 fully saturated rings. The molecule has 1 saturated carbocycles. The molecule has 2 heterocycles. The third-order valence-corrected chi connectivity index (χ3v) is 5.34. The number of anilines is 1. The molecule has 0 N–H and O–H groups in total. The molecular weight excluding hydrogens is 338 g/mol. The maximum Gasteiger partial charge on any atom is 0.217 e. The number of aryl methyl sites for hydroxylation is 1. The highest BCUT2D eigenvalue weighted by atomic mass is 16.5. The van der Waals surface area contributed by atoms with Crippen molar-refractivity contribution in [1.82, 2.24) is 15.0 Å². The van der Waals surface area contributed by atoms with E-state index in [0.717, 1.165) is 30.6 Å². The molecule has 0 saturated heterocycles. The maximum absolute atomic E-state index is 8.97. The normalized spacial score (nSPS) is 19.2. The molecule has 27 heavy (non-hydrogen) atoms. The average Bonchev–Trinajstić information content (AvgIpc) is 3.45. The first-order chi connectivity index (χ1) is 13.1. The number of nitriles is 1. The van der Waals surface area contributed by atoms with Crippen LogP contribution >= 0.6 is 0 Å². The Hall–Kier alpha value is -2.68. The van der Waals surface area contributed by atoms with Crippen molar-refractivity contribution in [1.29, 1.82) is 5.26 Å². The molecule has 142 valence electrons. The van der Waals surface area contributed by atoms with Gasteiger partial charge < -0.3 is 9.64 Å². The molecule has 3 rings (SSSR count). The lowest BCUT2D eigenvalue weighted by atomic mass is 9.99. The van der Waals surface area contributed by atoms with Gasteiger partial charge in [0, 0.05) is 25.9 Å². The molecule has 1 aliphatic rings. The van der Waals surface area contributed by atoms with Crippen LogP contribution in [0.3, 0.4) is 0 Å². The van der Waals surface area contributed by atoms with E-state index in [0.29, 0.717) is 29.9 Å². The molecule has 6 heteroatoms. The maximum atomic E-state index is 8.97. The second kappa shape index (κ2) is 8.81. The van der Waals surface area contributed by atoms with Gasteiger partial charge in [-0.15, -0.1) is 0 Å². The van der Waals surface area contributed by atoms with Gasteiger partial charge in [0.25, 0.3) is 0 Å². The SMILES string of the molecule is Cc1nc(C#N)cc(OCCC2CC2C(C)CCN(C)c2ccccn2)n1. The minimum atomic E-state index is 0.354. The second-order valence-corrected chi connectivity index (χ2v) is 7.42. The molecule has 0 spiro atoms. The Bertz CT molecular complexity index is 789. The Morgan fingerprint density at radius 3 is 2.96 bits per heavy atom. The third-order valence-electron chi connectivity index (χ3n) is 5.34. The summed E-state index contributed by atoms with van der Waals surface area (Å²) in [5.41, 5.74) is 0.354. The highest BCUT2D eigenvalue weighted by Gasteiger charge is 2.40. The molecule has 0 bridgehead atoms. The van der Waals surface area contributed by atoms with Crippen LogP contribution in [0.25, 0.3) is 0 Å². The lowest BCUT2D eigenvalue weighted by molar-refractivity contribution is 0.282. The van der Waals surface area contributed by atoms with Gasteiger partial charge in [0.2, 0.25) is 5.88 Å². The van der Waals surface area contributed by atoms with E-state index in [1.165, 1.54) is 12.8 Å². The molecule has 3 atom stereocenters. The highest BCUT2D eigenvalue weighted by Crippen LogP contribution is 2.47. The van der Waals surface area contributed by atoms with E-state index in [4.69, 9.17) is 10.00 Å². The number of ether oxygens (including phenoxy) is 1. The van der Waals surface area contributed by atoms with Crippen LogP contribution in [0.15, 0.2) is 30.5 Å². The van der Waals surface area contributed by atoms with E-state index in [-0.39, 0.29) is 0 Å². The topological polar surface area (TPSA) is 74.9 Å². The summed E-state index contributed by atoms with van der Waals surface area (Å²) in [5, 5.41) is 8.97. The van der Waals surface area contributed by atoms with Crippen molar-refractivity contribution in [2.45, 2.75) is 33.1 Å². The quantitative estimate of drug-likeness (QED) is 0.676. The first-order valence-corrected chi connectivity index (χ1v) is 9.57. The van der Waals surface area contributed by atoms with Gasteiger partial charge in [-0.25, -0.2) is 9.97 Å². The van der Waals surface area contributed by atoms with Crippen LogP contribution in [-0.4, -0.2) is 35.2 Å². The number of nitrogens with zero attached hydrogens (tertiary/aromatic N) is 5. The summed E-state index contributed by atoms with van der Waals surface area (Å²) in [7, 11) is 2.10. The van der Waals surface area contributed by atoms with Gasteiger partial charge in [-0.2, -0.15) is 10.2 Å². The van der Waals surface area contributed by atoms with E-state index in [2.05, 4.69) is 39.9 Å². The van der Waals surface area contributed by atoms with Crippen molar-refractivity contribution >= 4 is 5.82 Å². The molecule has 2 aromatic rings. The number of aromatic nitrogens is 3. The highest BCUT2D eigenvalue weighted by molar-refractivity contribution is 5.36. The fourth-order valence-electron chi connectivity index (χ4n) is 3.59. The van der Waals surface area contributed by atoms with E-state index in [1.807, 2.05) is 24.4 Å². The summed E-state index contributed by atoms with van der Waals surface area (Å²) in [5.74, 6) is 4.32. The summed E-state index contributed by atoms with van der Waals surface area (Å²) in [6.45, 7) is 5.79. The molecule has 0 aromatic carbocycles. The van der Waals surface area contributed by atoms with Crippen molar-refractivity contribution in [2.75, 3.05) is 25.1 Å². The Morgan fingerprint density at radius 2 is 2.22 bits per heavy atom. The smallest absolute Gasteiger partial charge is 0.217 e. The van der Waals surface area contributed by atoms with Crippen molar-refractivity contribution in [2.24, 2.45) is 17.8 Å². The van der Waals surface area contributed by atoms with Crippen LogP contribution in [0.4, 0.5) is 5.82 Å². The van der Waals surface area contributed by atoms with Gasteiger partial charge in [0.05, 0.1) is 6.61 Å². The summed E-state index contributed by atoms with van der Waals surface area (Å²) in [6, 6.07) is 9.66. The van der Waals surface area contributed by atoms with Crippen LogP contribution in [0.5, 0.6) is 5.88 Å². The van der Waals surface area contributed by atoms with Crippen molar-refractivity contribution in [3.8, 4) is 11.9 Å². The molecule has 2 aromatic heterocycles. The number of pyridine rings is 1. The predicted octanol–water partition coefficient (Wildman–Crippen LogP) is 3.62. The molecule has 1 aliphatic carbocycles. The monoisotopic (exact) mass is 365 g/mol. The minimum Gasteiger partial charge on any atom is -0.478 e. The van der Waals surface area contributed by atoms with Crippen molar-refractivity contribution in [3.63, 3.8) is 0 Å². The largest absolute Gasteiger partial charge is 0.478 e. The van der Waals surface area contributed by atoms with Gasteiger partial charge in [-0.05, 0) is 56.1 Å². The Kier molecular flexibility index (Phi) is 6.23. The Morgan fingerprint density at radius 1 is 1.37 bits per heavy atom. The summed E-state index contributed by atoms with van der Waals surface area (Å²) < 4.78 is 5.75. The van der Waals surface area contributed by atoms with Crippen LogP contribution in [0.1, 0.15) is 37.7 Å². The summed E-state index contributed by atoms with van der Waals surface area (Å²) in [4.78, 5) is 14.9. The first kappa shape index (κ1) is 19.1. The van der Waals surface area contributed by atoms with Crippen LogP contribution in [0, 0.1) is 36.0 Å². The third kappa shape index (κ3) is 5.40. The van der Waals surface area contributed by atoms with Crippen LogP contribution in [-0.2, 0) is 0 Å². The number of hydrogen-bond acceptors (Lipinski definition) is 6. The van der Waals surface area contributed by atoms with Gasteiger partial charge in [-0.3, -0.25) is 0 Å². The molecule has 3 unspecified atom stereocenters. The van der Waals surface area contributed by atoms with Gasteiger partial charge in [0.1, 0.15) is 23.4 Å². The lowest BCUT2D eigenvalue weighted by Gasteiger charge is -2.20. The average molecular weight is 365 g/mol. The molecule has 6 nitrogen and oxygen atoms in total. The Labute approximate surface area is 161 Å². The molecular formula is C21H27N5O. The zero-order chi connectivity index (χ0) is 19.2. The second-order valence-electron chi connectivity index (χ2n) is 7.42. The summed E-state index contributed by atoms with van der Waals surface area (Å²) in [6.07, 6.45) is 5.33. The van der Waals surface area contributed by atoms with E-state index in [9.17, 15) is 0 Å². The Balaban J connectivity index is 1.37. The number of rotatable bonds is 9. The van der Waals surface area contributed by atoms with Crippen LogP contribution in [0.2, 0.25) is 0 Å². The van der Waals surface area contributed by atoms with Gasteiger partial charge in [-0.1, -0.05) is 13.0 Å². The zero-order valence-corrected chi connectivity index (χ0v) is 16.3. The standard InChI is InChI=1S/C21H27N5O/c1-15(7-10-26(3)20-6-4-5-9-23-20)19-12-17(19)8-11-27-21-13-18(14-22)24-16(2)25-21/h4-6,9,13,15,17,19H,7-8,10-12H2,1-3H3. The van der Waals surface area contributed by atoms with E-state index >= 15 is 0 Å².